The van der Waals surface area contributed by atoms with E-state index in [0.29, 0.717) is 13.0 Å². The van der Waals surface area contributed by atoms with Crippen molar-refractivity contribution in [3.05, 3.63) is 95.6 Å². The van der Waals surface area contributed by atoms with Crippen LogP contribution < -0.4 is 10.6 Å². The zero-order valence-electron chi connectivity index (χ0n) is 21.9. The summed E-state index contributed by atoms with van der Waals surface area (Å²) >= 11 is 0. The Morgan fingerprint density at radius 1 is 0.949 bits per heavy atom. The van der Waals surface area contributed by atoms with Gasteiger partial charge in [0.25, 0.3) is 0 Å². The smallest absolute Gasteiger partial charge is 0.407 e. The zero-order chi connectivity index (χ0) is 27.4. The van der Waals surface area contributed by atoms with Gasteiger partial charge in [0.1, 0.15) is 12.6 Å². The Morgan fingerprint density at radius 2 is 1.56 bits per heavy atom. The molecule has 0 radical (unpaired) electrons. The molecule has 3 atom stereocenters. The van der Waals surface area contributed by atoms with Crippen molar-refractivity contribution >= 4 is 18.0 Å². The molecule has 0 aromatic heterocycles. The Labute approximate surface area is 228 Å². The molecule has 1 unspecified atom stereocenters. The summed E-state index contributed by atoms with van der Waals surface area (Å²) in [4.78, 5) is 39.2. The van der Waals surface area contributed by atoms with Gasteiger partial charge in [-0.25, -0.2) is 4.79 Å². The predicted molar refractivity (Wildman–Crippen MR) is 147 cm³/mol. The molecule has 0 aliphatic heterocycles. The minimum Gasteiger partial charge on any atom is -0.481 e. The fraction of sp³-hybridized carbons (Fsp3) is 0.323. The third-order valence-electron chi connectivity index (χ3n) is 7.52. The first-order chi connectivity index (χ1) is 18.9. The summed E-state index contributed by atoms with van der Waals surface area (Å²) in [6, 6.07) is 25.2. The first-order valence-electron chi connectivity index (χ1n) is 13.2. The average Bonchev–Trinajstić information content (AvgIpc) is 3.66. The quantitative estimate of drug-likeness (QED) is 0.350. The van der Waals surface area contributed by atoms with Gasteiger partial charge in [-0.05, 0) is 47.2 Å². The van der Waals surface area contributed by atoms with E-state index in [1.54, 1.807) is 0 Å². The van der Waals surface area contributed by atoms with Gasteiger partial charge < -0.3 is 20.5 Å². The lowest BCUT2D eigenvalue weighted by atomic mass is 9.98. The van der Waals surface area contributed by atoms with Crippen molar-refractivity contribution in [1.82, 2.24) is 15.5 Å². The fourth-order valence-electron chi connectivity index (χ4n) is 5.38. The molecule has 8 nitrogen and oxygen atoms in total. The molecule has 2 aliphatic rings. The van der Waals surface area contributed by atoms with Crippen molar-refractivity contribution in [1.29, 1.82) is 0 Å². The van der Waals surface area contributed by atoms with E-state index in [1.165, 1.54) is 0 Å². The number of carboxylic acids is 1. The van der Waals surface area contributed by atoms with Gasteiger partial charge in [0.05, 0.1) is 5.92 Å². The largest absolute Gasteiger partial charge is 0.481 e. The summed E-state index contributed by atoms with van der Waals surface area (Å²) in [5.74, 6) is -1.79. The fourth-order valence-corrected chi connectivity index (χ4v) is 5.38. The van der Waals surface area contributed by atoms with E-state index in [4.69, 9.17) is 9.84 Å². The normalized spacial score (nSPS) is 18.1. The topological polar surface area (TPSA) is 108 Å². The SMILES string of the molecule is CN(Cc1ccccc1)CC(NC(=O)OCC1c2ccccc2-c2ccccc21)C(=O)NC[C@H]1C[C@H]1C(=O)O. The van der Waals surface area contributed by atoms with E-state index in [2.05, 4.69) is 34.9 Å². The third-order valence-corrected chi connectivity index (χ3v) is 7.52. The van der Waals surface area contributed by atoms with Crippen LogP contribution in [0.3, 0.4) is 0 Å². The highest BCUT2D eigenvalue weighted by molar-refractivity contribution is 5.86. The van der Waals surface area contributed by atoms with Crippen LogP contribution >= 0.6 is 0 Å². The van der Waals surface area contributed by atoms with Crippen LogP contribution in [-0.2, 0) is 20.9 Å². The van der Waals surface area contributed by atoms with E-state index < -0.39 is 24.0 Å². The number of alkyl carbamates (subject to hydrolysis) is 1. The van der Waals surface area contributed by atoms with Crippen LogP contribution in [0.1, 0.15) is 29.0 Å². The van der Waals surface area contributed by atoms with Crippen molar-refractivity contribution in [3.63, 3.8) is 0 Å². The summed E-state index contributed by atoms with van der Waals surface area (Å²) < 4.78 is 5.68. The average molecular weight is 528 g/mol. The minimum absolute atomic E-state index is 0.0800. The second-order valence-electron chi connectivity index (χ2n) is 10.4. The van der Waals surface area contributed by atoms with Crippen LogP contribution in [0.5, 0.6) is 0 Å². The number of aliphatic carboxylic acids is 1. The van der Waals surface area contributed by atoms with E-state index in [9.17, 15) is 14.4 Å². The minimum atomic E-state index is -0.864. The van der Waals surface area contributed by atoms with Crippen LogP contribution in [0.4, 0.5) is 4.79 Å². The van der Waals surface area contributed by atoms with E-state index in [0.717, 1.165) is 27.8 Å². The van der Waals surface area contributed by atoms with E-state index in [-0.39, 0.29) is 37.4 Å². The summed E-state index contributed by atoms with van der Waals surface area (Å²) in [5, 5.41) is 14.7. The van der Waals surface area contributed by atoms with Gasteiger partial charge in [-0.2, -0.15) is 0 Å². The van der Waals surface area contributed by atoms with Crippen molar-refractivity contribution in [2.75, 3.05) is 26.7 Å². The molecule has 1 saturated carbocycles. The van der Waals surface area contributed by atoms with Crippen LogP contribution in [0.15, 0.2) is 78.9 Å². The summed E-state index contributed by atoms with van der Waals surface area (Å²) in [5.41, 5.74) is 5.59. The summed E-state index contributed by atoms with van der Waals surface area (Å²) in [6.07, 6.45) is -0.117. The molecular weight excluding hydrogens is 494 g/mol. The van der Waals surface area contributed by atoms with Gasteiger partial charge in [-0.1, -0.05) is 78.9 Å². The summed E-state index contributed by atoms with van der Waals surface area (Å²) in [6.45, 7) is 1.27. The van der Waals surface area contributed by atoms with Gasteiger partial charge in [0.15, 0.2) is 0 Å². The van der Waals surface area contributed by atoms with E-state index in [1.807, 2.05) is 66.5 Å². The maximum Gasteiger partial charge on any atom is 0.407 e. The monoisotopic (exact) mass is 527 g/mol. The molecule has 8 heteroatoms. The third kappa shape index (κ3) is 6.29. The van der Waals surface area contributed by atoms with Gasteiger partial charge >= 0.3 is 12.1 Å². The first kappa shape index (κ1) is 26.4. The van der Waals surface area contributed by atoms with Gasteiger partial charge in [0.2, 0.25) is 5.91 Å². The number of amides is 2. The molecule has 0 spiro atoms. The van der Waals surface area contributed by atoms with Crippen molar-refractivity contribution in [3.8, 4) is 11.1 Å². The highest BCUT2D eigenvalue weighted by Crippen LogP contribution is 2.44. The molecule has 2 aliphatic carbocycles. The second-order valence-corrected chi connectivity index (χ2v) is 10.4. The maximum absolute atomic E-state index is 13.1. The molecule has 3 aromatic carbocycles. The first-order valence-corrected chi connectivity index (χ1v) is 13.2. The Balaban J connectivity index is 1.22. The molecule has 39 heavy (non-hydrogen) atoms. The predicted octanol–water partition coefficient (Wildman–Crippen LogP) is 3.86. The molecule has 2 amide bonds. The standard InChI is InChI=1S/C31H33N3O5/c1-34(17-20-9-3-2-4-10-20)18-28(29(35)32-16-21-15-26(21)30(36)37)33-31(38)39-19-27-24-13-7-5-11-22(24)23-12-6-8-14-25(23)27/h2-14,21,26-28H,15-19H2,1H3,(H,32,35)(H,33,38)(H,36,37)/t21-,26-,28?/m1/s1. The van der Waals surface area contributed by atoms with Crippen molar-refractivity contribution in [2.45, 2.75) is 24.9 Å². The number of fused-ring (bicyclic) bond motifs is 3. The number of ether oxygens (including phenoxy) is 1. The second kappa shape index (κ2) is 11.7. The van der Waals surface area contributed by atoms with Crippen LogP contribution in [-0.4, -0.2) is 60.8 Å². The number of hydrogen-bond donors (Lipinski definition) is 3. The molecular formula is C31H33N3O5. The van der Waals surface area contributed by atoms with Crippen LogP contribution in [0, 0.1) is 11.8 Å². The Morgan fingerprint density at radius 3 is 2.18 bits per heavy atom. The van der Waals surface area contributed by atoms with E-state index >= 15 is 0 Å². The van der Waals surface area contributed by atoms with Crippen molar-refractivity contribution in [2.24, 2.45) is 11.8 Å². The Kier molecular flexibility index (Phi) is 7.93. The lowest BCUT2D eigenvalue weighted by molar-refractivity contribution is -0.139. The number of carboxylic acid groups (broad SMARTS) is 1. The molecule has 5 rings (SSSR count). The highest BCUT2D eigenvalue weighted by atomic mass is 16.5. The highest BCUT2D eigenvalue weighted by Gasteiger charge is 2.43. The van der Waals surface area contributed by atoms with Gasteiger partial charge in [-0.3, -0.25) is 14.5 Å². The molecule has 0 saturated heterocycles. The van der Waals surface area contributed by atoms with Crippen molar-refractivity contribution < 1.29 is 24.2 Å². The number of carbonyl (C=O) groups is 3. The van der Waals surface area contributed by atoms with Crippen LogP contribution in [0.25, 0.3) is 11.1 Å². The Hall–Kier alpha value is -4.17. The number of nitrogens with zero attached hydrogens (tertiary/aromatic N) is 1. The molecule has 202 valence electrons. The molecule has 1 fully saturated rings. The number of hydrogen-bond acceptors (Lipinski definition) is 5. The number of carbonyl (C=O) groups excluding carboxylic acids is 2. The number of likely N-dealkylation sites (N-methyl/N-ethyl adjacent to an activating group) is 1. The lowest BCUT2D eigenvalue weighted by Crippen LogP contribution is -2.52. The maximum atomic E-state index is 13.1. The molecule has 0 heterocycles. The summed E-state index contributed by atoms with van der Waals surface area (Å²) in [7, 11) is 1.88. The Bertz CT molecular complexity index is 1300. The number of benzene rings is 3. The number of nitrogens with one attached hydrogen (secondary N) is 2. The van der Waals surface area contributed by atoms with Gasteiger partial charge in [0, 0.05) is 25.6 Å². The molecule has 3 N–H and O–H groups in total. The van der Waals surface area contributed by atoms with Crippen LogP contribution in [0.2, 0.25) is 0 Å². The molecule has 0 bridgehead atoms. The number of rotatable bonds is 11. The molecule has 3 aromatic rings. The lowest BCUT2D eigenvalue weighted by Gasteiger charge is -2.25. The van der Waals surface area contributed by atoms with Gasteiger partial charge in [-0.15, -0.1) is 0 Å². The zero-order valence-corrected chi connectivity index (χ0v) is 21.9.